The normalized spacial score (nSPS) is 11.6. The molecule has 1 aromatic carbocycles. The molecule has 2 rings (SSSR count). The van der Waals surface area contributed by atoms with E-state index in [0.29, 0.717) is 27.8 Å². The van der Waals surface area contributed by atoms with Gasteiger partial charge in [0.05, 0.1) is 22.7 Å². The number of aromatic nitrogens is 1. The first-order valence-electron chi connectivity index (χ1n) is 8.18. The van der Waals surface area contributed by atoms with Gasteiger partial charge in [0.1, 0.15) is 17.4 Å². The van der Waals surface area contributed by atoms with Gasteiger partial charge in [0.25, 0.3) is 0 Å². The van der Waals surface area contributed by atoms with Crippen molar-refractivity contribution < 1.29 is 4.74 Å². The van der Waals surface area contributed by atoms with Gasteiger partial charge in [-0.15, -0.1) is 0 Å². The second kappa shape index (κ2) is 8.07. The highest BCUT2D eigenvalue weighted by molar-refractivity contribution is 7.08. The van der Waals surface area contributed by atoms with Crippen LogP contribution in [0.15, 0.2) is 17.1 Å². The summed E-state index contributed by atoms with van der Waals surface area (Å²) < 4.78 is 10.3. The van der Waals surface area contributed by atoms with Crippen molar-refractivity contribution in [2.24, 2.45) is 10.4 Å². The van der Waals surface area contributed by atoms with Crippen molar-refractivity contribution in [3.05, 3.63) is 34.0 Å². The van der Waals surface area contributed by atoms with Crippen molar-refractivity contribution in [2.45, 2.75) is 34.1 Å². The number of hydrogen-bond donors (Lipinski definition) is 0. The molecule has 0 saturated heterocycles. The molecule has 0 aliphatic carbocycles. The molecule has 1 heterocycles. The highest BCUT2D eigenvalue weighted by Crippen LogP contribution is 2.39. The van der Waals surface area contributed by atoms with Crippen LogP contribution in [0.25, 0.3) is 0 Å². The third kappa shape index (κ3) is 5.20. The van der Waals surface area contributed by atoms with E-state index in [9.17, 15) is 5.26 Å². The molecular formula is C19H23ClN4OS. The monoisotopic (exact) mass is 390 g/mol. The minimum atomic E-state index is 0.0390. The van der Waals surface area contributed by atoms with Crippen LogP contribution >= 0.6 is 23.1 Å². The lowest BCUT2D eigenvalue weighted by Crippen LogP contribution is -2.10. The fourth-order valence-corrected chi connectivity index (χ4v) is 3.18. The summed E-state index contributed by atoms with van der Waals surface area (Å²) in [7, 11) is 3.81. The summed E-state index contributed by atoms with van der Waals surface area (Å²) in [6.07, 6.45) is 2.43. The van der Waals surface area contributed by atoms with Crippen molar-refractivity contribution in [3.63, 3.8) is 0 Å². The van der Waals surface area contributed by atoms with Crippen LogP contribution in [0.3, 0.4) is 0 Å². The van der Waals surface area contributed by atoms with E-state index in [1.165, 1.54) is 11.5 Å². The first kappa shape index (κ1) is 20.2. The van der Waals surface area contributed by atoms with E-state index >= 15 is 0 Å². The number of halogens is 1. The van der Waals surface area contributed by atoms with Gasteiger partial charge in [-0.2, -0.15) is 9.64 Å². The van der Waals surface area contributed by atoms with Crippen LogP contribution in [-0.4, -0.2) is 29.7 Å². The molecule has 0 radical (unpaired) electrons. The summed E-state index contributed by atoms with van der Waals surface area (Å²) in [6, 6.07) is 5.80. The molecule has 0 fully saturated rings. The van der Waals surface area contributed by atoms with E-state index in [-0.39, 0.29) is 5.41 Å². The lowest BCUT2D eigenvalue weighted by atomic mass is 9.89. The van der Waals surface area contributed by atoms with Crippen molar-refractivity contribution in [1.82, 2.24) is 9.27 Å². The largest absolute Gasteiger partial charge is 0.442 e. The van der Waals surface area contributed by atoms with Crippen molar-refractivity contribution >= 4 is 35.2 Å². The Morgan fingerprint density at radius 1 is 1.38 bits per heavy atom. The molecule has 2 aromatic rings. The lowest BCUT2D eigenvalue weighted by Gasteiger charge is -2.16. The van der Waals surface area contributed by atoms with E-state index in [2.05, 4.69) is 36.2 Å². The molecule has 0 amide bonds. The Labute approximate surface area is 164 Å². The molecular weight excluding hydrogens is 368 g/mol. The van der Waals surface area contributed by atoms with E-state index in [0.717, 1.165) is 16.9 Å². The summed E-state index contributed by atoms with van der Waals surface area (Å²) in [5.41, 5.74) is 2.99. The summed E-state index contributed by atoms with van der Waals surface area (Å²) in [5.74, 6) is 0.496. The van der Waals surface area contributed by atoms with E-state index in [1.807, 2.05) is 32.0 Å². The van der Waals surface area contributed by atoms with Gasteiger partial charge in [-0.05, 0) is 36.5 Å². The molecule has 0 bridgehead atoms. The molecule has 0 aliphatic heterocycles. The molecule has 138 valence electrons. The zero-order valence-corrected chi connectivity index (χ0v) is 17.5. The zero-order valence-electron chi connectivity index (χ0n) is 15.9. The van der Waals surface area contributed by atoms with E-state index < -0.39 is 0 Å². The fourth-order valence-electron chi connectivity index (χ4n) is 2.25. The molecule has 0 aliphatic rings. The van der Waals surface area contributed by atoms with Gasteiger partial charge in [-0.3, -0.25) is 0 Å². The Morgan fingerprint density at radius 3 is 2.65 bits per heavy atom. The number of nitriles is 1. The maximum atomic E-state index is 9.53. The Kier molecular flexibility index (Phi) is 6.27. The number of aliphatic imine (C=N–C) groups is 1. The third-order valence-electron chi connectivity index (χ3n) is 3.42. The van der Waals surface area contributed by atoms with Gasteiger partial charge < -0.3 is 9.64 Å². The molecule has 7 heteroatoms. The maximum absolute atomic E-state index is 9.53. The van der Waals surface area contributed by atoms with Crippen LogP contribution < -0.4 is 4.74 Å². The number of rotatable bonds is 5. The van der Waals surface area contributed by atoms with Crippen LogP contribution in [0.4, 0.5) is 5.69 Å². The molecule has 0 spiro atoms. The number of benzene rings is 1. The second-order valence-electron chi connectivity index (χ2n) is 7.52. The van der Waals surface area contributed by atoms with Crippen LogP contribution in [0, 0.1) is 23.7 Å². The quantitative estimate of drug-likeness (QED) is 0.494. The predicted molar refractivity (Wildman–Crippen MR) is 108 cm³/mol. The Balaban J connectivity index is 2.32. The lowest BCUT2D eigenvalue weighted by molar-refractivity contribution is 0.406. The van der Waals surface area contributed by atoms with Crippen molar-refractivity contribution in [2.75, 3.05) is 14.1 Å². The van der Waals surface area contributed by atoms with E-state index in [1.54, 1.807) is 12.4 Å². The number of nitrogens with zero attached hydrogens (tertiary/aromatic N) is 4. The molecule has 0 atom stereocenters. The van der Waals surface area contributed by atoms with Gasteiger partial charge in [0, 0.05) is 25.6 Å². The summed E-state index contributed by atoms with van der Waals surface area (Å²) >= 11 is 7.54. The minimum Gasteiger partial charge on any atom is -0.442 e. The van der Waals surface area contributed by atoms with Gasteiger partial charge in [-0.1, -0.05) is 32.4 Å². The molecule has 0 saturated carbocycles. The van der Waals surface area contributed by atoms with Crippen molar-refractivity contribution in [1.29, 1.82) is 5.26 Å². The summed E-state index contributed by atoms with van der Waals surface area (Å²) in [4.78, 5) is 6.24. The predicted octanol–water partition coefficient (Wildman–Crippen LogP) is 5.58. The third-order valence-corrected chi connectivity index (χ3v) is 4.48. The van der Waals surface area contributed by atoms with E-state index in [4.69, 9.17) is 16.3 Å². The number of hydrogen-bond acceptors (Lipinski definition) is 5. The Morgan fingerprint density at radius 2 is 2.08 bits per heavy atom. The SMILES string of the molecule is Cc1cc(Oc2snc(CC(C)(C)C)c2C#N)c(Cl)cc1N=CN(C)C. The fraction of sp³-hybridized carbons (Fsp3) is 0.421. The number of ether oxygens (including phenoxy) is 1. The molecule has 26 heavy (non-hydrogen) atoms. The van der Waals surface area contributed by atoms with Gasteiger partial charge in [0.15, 0.2) is 0 Å². The Bertz CT molecular complexity index is 860. The molecule has 5 nitrogen and oxygen atoms in total. The van der Waals surface area contributed by atoms with Crippen LogP contribution in [0.1, 0.15) is 37.6 Å². The highest BCUT2D eigenvalue weighted by Gasteiger charge is 2.22. The smallest absolute Gasteiger partial charge is 0.218 e. The average Bonchev–Trinajstić information content (AvgIpc) is 2.88. The van der Waals surface area contributed by atoms with Crippen molar-refractivity contribution in [3.8, 4) is 16.9 Å². The topological polar surface area (TPSA) is 61.5 Å². The zero-order chi connectivity index (χ0) is 19.5. The van der Waals surface area contributed by atoms with Crippen LogP contribution in [0.5, 0.6) is 10.8 Å². The maximum Gasteiger partial charge on any atom is 0.218 e. The average molecular weight is 391 g/mol. The van der Waals surface area contributed by atoms with Gasteiger partial charge in [-0.25, -0.2) is 4.99 Å². The summed E-state index contributed by atoms with van der Waals surface area (Å²) in [6.45, 7) is 8.28. The molecule has 0 unspecified atom stereocenters. The first-order chi connectivity index (χ1) is 12.1. The first-order valence-corrected chi connectivity index (χ1v) is 9.33. The van der Waals surface area contributed by atoms with Gasteiger partial charge in [0.2, 0.25) is 5.06 Å². The van der Waals surface area contributed by atoms with Gasteiger partial charge >= 0.3 is 0 Å². The highest BCUT2D eigenvalue weighted by atomic mass is 35.5. The minimum absolute atomic E-state index is 0.0390. The molecule has 1 aromatic heterocycles. The summed E-state index contributed by atoms with van der Waals surface area (Å²) in [5, 5.41) is 10.4. The standard InChI is InChI=1S/C19H23ClN4OS/c1-12-7-17(14(20)8-15(12)22-11-24(5)6)25-18-13(10-21)16(23-26-18)9-19(2,3)4/h7-8,11H,9H2,1-6H3. The molecule has 0 N–H and O–H groups in total. The Hall–Kier alpha value is -2.10. The second-order valence-corrected chi connectivity index (χ2v) is 8.66. The number of aryl methyl sites for hydroxylation is 1. The van der Waals surface area contributed by atoms with Crippen LogP contribution in [-0.2, 0) is 6.42 Å². The van der Waals surface area contributed by atoms with Crippen LogP contribution in [0.2, 0.25) is 5.02 Å².